The molecule has 142 valence electrons. The minimum atomic E-state index is -3.15. The van der Waals surface area contributed by atoms with Crippen molar-refractivity contribution in [2.75, 3.05) is 48.0 Å². The molecule has 0 unspecified atom stereocenters. The summed E-state index contributed by atoms with van der Waals surface area (Å²) in [5, 5.41) is 11.9. The van der Waals surface area contributed by atoms with Crippen LogP contribution < -0.4 is 10.2 Å². The zero-order valence-corrected chi connectivity index (χ0v) is 14.9. The molecule has 0 spiro atoms. The second-order valence-corrected chi connectivity index (χ2v) is 8.45. The third-order valence-electron chi connectivity index (χ3n) is 4.42. The lowest BCUT2D eigenvalue weighted by Crippen LogP contribution is -2.45. The number of aliphatic hydroxyl groups excluding tert-OH is 1. The topological polar surface area (TPSA) is 116 Å². The van der Waals surface area contributed by atoms with E-state index >= 15 is 0 Å². The van der Waals surface area contributed by atoms with Crippen molar-refractivity contribution in [1.82, 2.24) is 4.90 Å². The van der Waals surface area contributed by atoms with Crippen LogP contribution in [0.25, 0.3) is 0 Å². The molecule has 26 heavy (non-hydrogen) atoms. The highest BCUT2D eigenvalue weighted by atomic mass is 32.2. The van der Waals surface area contributed by atoms with Gasteiger partial charge in [-0.05, 0) is 24.6 Å². The van der Waals surface area contributed by atoms with Gasteiger partial charge in [-0.2, -0.15) is 0 Å². The standard InChI is InChI=1S/C16H21N3O6S/c20-7-5-18(14-4-9-26(23,24)11-14)15(21)17-12-2-1-3-13(10-12)19-6-8-25-16(19)22/h1-3,10,14,20H,4-9,11H2,(H,17,21)/t14-/m0/s1. The molecule has 2 saturated heterocycles. The van der Waals surface area contributed by atoms with Gasteiger partial charge in [-0.1, -0.05) is 6.07 Å². The second-order valence-electron chi connectivity index (χ2n) is 6.22. The summed E-state index contributed by atoms with van der Waals surface area (Å²) in [6.07, 6.45) is -0.0818. The lowest BCUT2D eigenvalue weighted by atomic mass is 10.2. The van der Waals surface area contributed by atoms with E-state index in [0.29, 0.717) is 30.9 Å². The molecule has 2 N–H and O–H groups in total. The van der Waals surface area contributed by atoms with E-state index in [4.69, 9.17) is 4.74 Å². The highest BCUT2D eigenvalue weighted by Crippen LogP contribution is 2.24. The van der Waals surface area contributed by atoms with Gasteiger partial charge in [-0.25, -0.2) is 18.0 Å². The lowest BCUT2D eigenvalue weighted by Gasteiger charge is -2.27. The lowest BCUT2D eigenvalue weighted by molar-refractivity contribution is 0.169. The smallest absolute Gasteiger partial charge is 0.414 e. The summed E-state index contributed by atoms with van der Waals surface area (Å²) in [4.78, 5) is 27.1. The Kier molecular flexibility index (Phi) is 5.33. The summed E-state index contributed by atoms with van der Waals surface area (Å²) in [6.45, 7) is 0.538. The van der Waals surface area contributed by atoms with E-state index in [0.717, 1.165) is 0 Å². The molecule has 1 atom stereocenters. The molecule has 3 amide bonds. The largest absolute Gasteiger partial charge is 0.447 e. The number of carbonyl (C=O) groups excluding carboxylic acids is 2. The molecule has 9 nitrogen and oxygen atoms in total. The summed E-state index contributed by atoms with van der Waals surface area (Å²) >= 11 is 0. The van der Waals surface area contributed by atoms with Gasteiger partial charge >= 0.3 is 12.1 Å². The van der Waals surface area contributed by atoms with Gasteiger partial charge in [0.25, 0.3) is 0 Å². The van der Waals surface area contributed by atoms with Gasteiger partial charge in [0.1, 0.15) is 6.61 Å². The highest BCUT2D eigenvalue weighted by Gasteiger charge is 2.34. The maximum Gasteiger partial charge on any atom is 0.414 e. The van der Waals surface area contributed by atoms with Crippen LogP contribution in [0.1, 0.15) is 6.42 Å². The fourth-order valence-electron chi connectivity index (χ4n) is 3.15. The normalized spacial score (nSPS) is 21.5. The summed E-state index contributed by atoms with van der Waals surface area (Å²) in [5.74, 6) is -0.0560. The zero-order chi connectivity index (χ0) is 18.7. The molecule has 2 aliphatic rings. The van der Waals surface area contributed by atoms with Gasteiger partial charge in [0, 0.05) is 24.0 Å². The predicted octanol–water partition coefficient (Wildman–Crippen LogP) is 0.656. The SMILES string of the molecule is O=C1OCCN1c1cccc(NC(=O)N(CCO)[C@H]2CCS(=O)(=O)C2)c1. The number of urea groups is 1. The molecule has 2 aliphatic heterocycles. The number of nitrogens with one attached hydrogen (secondary N) is 1. The Hall–Kier alpha value is -2.33. The Labute approximate surface area is 151 Å². The van der Waals surface area contributed by atoms with Crippen LogP contribution in [-0.2, 0) is 14.6 Å². The van der Waals surface area contributed by atoms with Gasteiger partial charge < -0.3 is 20.1 Å². The minimum Gasteiger partial charge on any atom is -0.447 e. The van der Waals surface area contributed by atoms with Crippen molar-refractivity contribution in [2.45, 2.75) is 12.5 Å². The van der Waals surface area contributed by atoms with Crippen LogP contribution in [0.4, 0.5) is 21.0 Å². The van der Waals surface area contributed by atoms with Crippen LogP contribution in [0.3, 0.4) is 0 Å². The third kappa shape index (κ3) is 4.07. The van der Waals surface area contributed by atoms with Crippen molar-refractivity contribution in [3.05, 3.63) is 24.3 Å². The summed E-state index contributed by atoms with van der Waals surface area (Å²) in [7, 11) is -3.15. The van der Waals surface area contributed by atoms with Crippen LogP contribution in [-0.4, -0.2) is 74.4 Å². The van der Waals surface area contributed by atoms with Gasteiger partial charge in [0.05, 0.1) is 24.7 Å². The number of aliphatic hydroxyl groups is 1. The van der Waals surface area contributed by atoms with Gasteiger partial charge in [0.15, 0.2) is 9.84 Å². The quantitative estimate of drug-likeness (QED) is 0.771. The number of sulfone groups is 1. The average molecular weight is 383 g/mol. The van der Waals surface area contributed by atoms with Crippen LogP contribution in [0.5, 0.6) is 0 Å². The van der Waals surface area contributed by atoms with Crippen LogP contribution in [0.15, 0.2) is 24.3 Å². The van der Waals surface area contributed by atoms with Crippen molar-refractivity contribution >= 4 is 33.3 Å². The first kappa shape index (κ1) is 18.5. The Balaban J connectivity index is 1.72. The van der Waals surface area contributed by atoms with Crippen molar-refractivity contribution in [3.63, 3.8) is 0 Å². The number of carbonyl (C=O) groups is 2. The van der Waals surface area contributed by atoms with E-state index in [1.165, 1.54) is 9.80 Å². The van der Waals surface area contributed by atoms with Gasteiger partial charge in [-0.15, -0.1) is 0 Å². The van der Waals surface area contributed by atoms with E-state index in [9.17, 15) is 23.1 Å². The maximum absolute atomic E-state index is 12.6. The van der Waals surface area contributed by atoms with E-state index in [-0.39, 0.29) is 24.7 Å². The van der Waals surface area contributed by atoms with Crippen molar-refractivity contribution in [2.24, 2.45) is 0 Å². The molecule has 0 aliphatic carbocycles. The second kappa shape index (κ2) is 7.50. The fourth-order valence-corrected chi connectivity index (χ4v) is 4.88. The number of ether oxygens (including phenoxy) is 1. The number of hydrogen-bond donors (Lipinski definition) is 2. The predicted molar refractivity (Wildman–Crippen MR) is 95.0 cm³/mol. The Morgan fingerprint density at radius 2 is 2.23 bits per heavy atom. The number of amides is 3. The van der Waals surface area contributed by atoms with E-state index in [2.05, 4.69) is 5.32 Å². The molecule has 10 heteroatoms. The molecule has 3 rings (SSSR count). The van der Waals surface area contributed by atoms with Crippen LogP contribution >= 0.6 is 0 Å². The maximum atomic E-state index is 12.6. The summed E-state index contributed by atoms with van der Waals surface area (Å²) in [5.41, 5.74) is 1.07. The van der Waals surface area contributed by atoms with E-state index < -0.39 is 28.0 Å². The molecule has 0 bridgehead atoms. The zero-order valence-electron chi connectivity index (χ0n) is 14.1. The first-order chi connectivity index (χ1) is 12.4. The molecule has 1 aromatic carbocycles. The first-order valence-corrected chi connectivity index (χ1v) is 10.1. The number of hydrogen-bond acceptors (Lipinski definition) is 6. The minimum absolute atomic E-state index is 0.0411. The van der Waals surface area contributed by atoms with Gasteiger partial charge in [-0.3, -0.25) is 4.90 Å². The molecule has 0 aromatic heterocycles. The molecule has 0 radical (unpaired) electrons. The number of rotatable bonds is 5. The van der Waals surface area contributed by atoms with Crippen LogP contribution in [0.2, 0.25) is 0 Å². The Morgan fingerprint density at radius 3 is 2.85 bits per heavy atom. The van der Waals surface area contributed by atoms with Crippen LogP contribution in [0, 0.1) is 0 Å². The number of anilines is 2. The molecule has 2 heterocycles. The Bertz CT molecular complexity index is 797. The Morgan fingerprint density at radius 1 is 1.42 bits per heavy atom. The number of cyclic esters (lactones) is 1. The van der Waals surface area contributed by atoms with Crippen molar-refractivity contribution in [1.29, 1.82) is 0 Å². The molecule has 2 fully saturated rings. The third-order valence-corrected chi connectivity index (χ3v) is 6.17. The number of nitrogens with zero attached hydrogens (tertiary/aromatic N) is 2. The molecular weight excluding hydrogens is 362 g/mol. The molecule has 1 aromatic rings. The molecular formula is C16H21N3O6S. The van der Waals surface area contributed by atoms with Crippen molar-refractivity contribution in [3.8, 4) is 0 Å². The number of benzene rings is 1. The van der Waals surface area contributed by atoms with Gasteiger partial charge in [0.2, 0.25) is 0 Å². The first-order valence-electron chi connectivity index (χ1n) is 8.33. The highest BCUT2D eigenvalue weighted by molar-refractivity contribution is 7.91. The van der Waals surface area contributed by atoms with E-state index in [1.807, 2.05) is 0 Å². The fraction of sp³-hybridized carbons (Fsp3) is 0.500. The summed E-state index contributed by atoms with van der Waals surface area (Å²) in [6, 6.07) is 5.81. The van der Waals surface area contributed by atoms with Crippen molar-refractivity contribution < 1.29 is 27.9 Å². The monoisotopic (exact) mass is 383 g/mol. The summed E-state index contributed by atoms with van der Waals surface area (Å²) < 4.78 is 28.3. The average Bonchev–Trinajstić information content (AvgIpc) is 3.18. The molecule has 0 saturated carbocycles. The van der Waals surface area contributed by atoms with E-state index in [1.54, 1.807) is 24.3 Å².